The van der Waals surface area contributed by atoms with E-state index in [1.165, 1.54) is 0 Å². The highest BCUT2D eigenvalue weighted by atomic mass is 32.2. The van der Waals surface area contributed by atoms with Crippen LogP contribution < -0.4 is 0 Å². The number of unbranched alkanes of at least 4 members (excludes halogenated alkanes) is 4. The molecule has 0 aliphatic carbocycles. The van der Waals surface area contributed by atoms with Crippen molar-refractivity contribution in [2.24, 2.45) is 0 Å². The molecule has 4 N–H and O–H groups in total. The molecule has 0 unspecified atom stereocenters. The Hall–Kier alpha value is 0.190. The minimum Gasteiger partial charge on any atom is -0.368 e. The summed E-state index contributed by atoms with van der Waals surface area (Å²) in [6, 6.07) is 0. The molecule has 0 aliphatic heterocycles. The fourth-order valence-electron chi connectivity index (χ4n) is 1.52. The first-order chi connectivity index (χ1) is 8.13. The molecule has 0 aromatic rings. The molecule has 0 aromatic heterocycles. The van der Waals surface area contributed by atoms with E-state index in [2.05, 4.69) is 0 Å². The number of hydrogen-bond acceptors (Lipinski definition) is 5. The second kappa shape index (κ2) is 12.6. The van der Waals surface area contributed by atoms with Crippen molar-refractivity contribution < 1.29 is 20.4 Å². The first-order valence-electron chi connectivity index (χ1n) is 6.43. The summed E-state index contributed by atoms with van der Waals surface area (Å²) in [5.41, 5.74) is 0. The Labute approximate surface area is 108 Å². The third-order valence-corrected chi connectivity index (χ3v) is 3.66. The molecule has 0 atom stereocenters. The highest BCUT2D eigenvalue weighted by Crippen LogP contribution is 2.12. The predicted octanol–water partition coefficient (Wildman–Crippen LogP) is 1.46. The van der Waals surface area contributed by atoms with Crippen LogP contribution in [0.1, 0.15) is 51.4 Å². The molecule has 104 valence electrons. The van der Waals surface area contributed by atoms with Gasteiger partial charge >= 0.3 is 0 Å². The number of rotatable bonds is 12. The van der Waals surface area contributed by atoms with Gasteiger partial charge in [-0.3, -0.25) is 0 Å². The van der Waals surface area contributed by atoms with E-state index in [1.807, 2.05) is 11.8 Å². The van der Waals surface area contributed by atoms with Gasteiger partial charge in [0.15, 0.2) is 12.6 Å². The van der Waals surface area contributed by atoms with Crippen LogP contribution in [0.15, 0.2) is 0 Å². The lowest BCUT2D eigenvalue weighted by Crippen LogP contribution is -2.03. The van der Waals surface area contributed by atoms with E-state index in [0.29, 0.717) is 12.8 Å². The van der Waals surface area contributed by atoms with Crippen molar-refractivity contribution in [2.75, 3.05) is 11.5 Å². The first kappa shape index (κ1) is 17.2. The highest BCUT2D eigenvalue weighted by molar-refractivity contribution is 7.99. The Morgan fingerprint density at radius 3 is 1.35 bits per heavy atom. The normalized spacial score (nSPS) is 11.6. The SMILES string of the molecule is OC(O)CCCCCSCCCCCC(O)O. The predicted molar refractivity (Wildman–Crippen MR) is 70.7 cm³/mol. The Bertz CT molecular complexity index is 137. The van der Waals surface area contributed by atoms with Crippen molar-refractivity contribution in [3.63, 3.8) is 0 Å². The lowest BCUT2D eigenvalue weighted by Gasteiger charge is -2.04. The first-order valence-corrected chi connectivity index (χ1v) is 7.58. The van der Waals surface area contributed by atoms with Crippen LogP contribution in [0.3, 0.4) is 0 Å². The van der Waals surface area contributed by atoms with E-state index in [9.17, 15) is 0 Å². The molecule has 0 radical (unpaired) electrons. The van der Waals surface area contributed by atoms with Gasteiger partial charge in [-0.15, -0.1) is 0 Å². The van der Waals surface area contributed by atoms with Gasteiger partial charge in [-0.1, -0.05) is 12.8 Å². The molecular formula is C12H26O4S. The molecule has 5 heteroatoms. The Kier molecular flexibility index (Phi) is 12.8. The molecule has 0 aromatic carbocycles. The molecule has 0 amide bonds. The van der Waals surface area contributed by atoms with Gasteiger partial charge in [0.1, 0.15) is 0 Å². The van der Waals surface area contributed by atoms with E-state index >= 15 is 0 Å². The van der Waals surface area contributed by atoms with Crippen molar-refractivity contribution in [3.8, 4) is 0 Å². The molecular weight excluding hydrogens is 240 g/mol. The van der Waals surface area contributed by atoms with Crippen LogP contribution in [-0.4, -0.2) is 44.5 Å². The summed E-state index contributed by atoms with van der Waals surface area (Å²) < 4.78 is 0. The Morgan fingerprint density at radius 2 is 1.00 bits per heavy atom. The summed E-state index contributed by atoms with van der Waals surface area (Å²) in [7, 11) is 0. The van der Waals surface area contributed by atoms with Crippen LogP contribution >= 0.6 is 11.8 Å². The van der Waals surface area contributed by atoms with Gasteiger partial charge in [0.25, 0.3) is 0 Å². The maximum Gasteiger partial charge on any atom is 0.151 e. The molecule has 0 bridgehead atoms. The quantitative estimate of drug-likeness (QED) is 0.318. The van der Waals surface area contributed by atoms with Crippen LogP contribution in [0.25, 0.3) is 0 Å². The lowest BCUT2D eigenvalue weighted by molar-refractivity contribution is -0.0471. The minimum absolute atomic E-state index is 0.480. The van der Waals surface area contributed by atoms with Gasteiger partial charge < -0.3 is 20.4 Å². The zero-order valence-electron chi connectivity index (χ0n) is 10.4. The molecule has 17 heavy (non-hydrogen) atoms. The molecule has 0 rings (SSSR count). The topological polar surface area (TPSA) is 80.9 Å². The van der Waals surface area contributed by atoms with Crippen molar-refractivity contribution in [1.29, 1.82) is 0 Å². The fourth-order valence-corrected chi connectivity index (χ4v) is 2.54. The average Bonchev–Trinajstić information content (AvgIpc) is 2.25. The third-order valence-electron chi connectivity index (χ3n) is 2.50. The Morgan fingerprint density at radius 1 is 0.588 bits per heavy atom. The van der Waals surface area contributed by atoms with Gasteiger partial charge in [0, 0.05) is 0 Å². The summed E-state index contributed by atoms with van der Waals surface area (Å²) in [6.45, 7) is 0. The summed E-state index contributed by atoms with van der Waals surface area (Å²) in [4.78, 5) is 0. The molecule has 0 saturated heterocycles. The highest BCUT2D eigenvalue weighted by Gasteiger charge is 1.98. The van der Waals surface area contributed by atoms with Gasteiger partial charge in [0.2, 0.25) is 0 Å². The van der Waals surface area contributed by atoms with Crippen molar-refractivity contribution in [3.05, 3.63) is 0 Å². The van der Waals surface area contributed by atoms with Gasteiger partial charge in [-0.05, 0) is 50.0 Å². The van der Waals surface area contributed by atoms with Gasteiger partial charge in [0.05, 0.1) is 0 Å². The smallest absolute Gasteiger partial charge is 0.151 e. The maximum atomic E-state index is 8.63. The van der Waals surface area contributed by atoms with E-state index in [-0.39, 0.29) is 0 Å². The summed E-state index contributed by atoms with van der Waals surface area (Å²) in [5, 5.41) is 34.5. The van der Waals surface area contributed by atoms with E-state index < -0.39 is 12.6 Å². The van der Waals surface area contributed by atoms with Crippen LogP contribution in [-0.2, 0) is 0 Å². The number of thioether (sulfide) groups is 1. The molecule has 0 saturated carbocycles. The van der Waals surface area contributed by atoms with Crippen LogP contribution in [0.2, 0.25) is 0 Å². The van der Waals surface area contributed by atoms with E-state index in [0.717, 1.165) is 50.0 Å². The van der Waals surface area contributed by atoms with E-state index in [4.69, 9.17) is 20.4 Å². The van der Waals surface area contributed by atoms with Gasteiger partial charge in [-0.25, -0.2) is 0 Å². The van der Waals surface area contributed by atoms with Crippen LogP contribution in [0.4, 0.5) is 0 Å². The minimum atomic E-state index is -1.15. The van der Waals surface area contributed by atoms with Gasteiger partial charge in [-0.2, -0.15) is 11.8 Å². The monoisotopic (exact) mass is 266 g/mol. The third kappa shape index (κ3) is 16.2. The zero-order chi connectivity index (χ0) is 12.9. The van der Waals surface area contributed by atoms with Crippen molar-refractivity contribution in [2.45, 2.75) is 63.9 Å². The zero-order valence-corrected chi connectivity index (χ0v) is 11.2. The lowest BCUT2D eigenvalue weighted by atomic mass is 10.2. The fraction of sp³-hybridized carbons (Fsp3) is 1.00. The van der Waals surface area contributed by atoms with Crippen molar-refractivity contribution in [1.82, 2.24) is 0 Å². The second-order valence-corrected chi connectivity index (χ2v) is 5.50. The summed E-state index contributed by atoms with van der Waals surface area (Å²) in [5.74, 6) is 2.26. The summed E-state index contributed by atoms with van der Waals surface area (Å²) >= 11 is 1.92. The molecule has 0 aliphatic rings. The second-order valence-electron chi connectivity index (χ2n) is 4.27. The largest absolute Gasteiger partial charge is 0.368 e. The standard InChI is InChI=1S/C12H26O4S/c13-11(14)7-3-1-5-9-17-10-6-2-4-8-12(15)16/h11-16H,1-10H2. The molecule has 0 fully saturated rings. The Balaban J connectivity index is 2.94. The average molecular weight is 266 g/mol. The number of hydrogen-bond donors (Lipinski definition) is 4. The molecule has 0 heterocycles. The van der Waals surface area contributed by atoms with Crippen molar-refractivity contribution >= 4 is 11.8 Å². The van der Waals surface area contributed by atoms with Crippen LogP contribution in [0.5, 0.6) is 0 Å². The number of aliphatic hydroxyl groups excluding tert-OH is 2. The van der Waals surface area contributed by atoms with E-state index in [1.54, 1.807) is 0 Å². The van der Waals surface area contributed by atoms with Crippen LogP contribution in [0, 0.1) is 0 Å². The molecule has 4 nitrogen and oxygen atoms in total. The molecule has 0 spiro atoms. The summed E-state index contributed by atoms with van der Waals surface area (Å²) in [6.07, 6.45) is 4.80. The maximum absolute atomic E-state index is 8.63. The number of aliphatic hydroxyl groups is 4.